The lowest BCUT2D eigenvalue weighted by molar-refractivity contribution is -0.319. The SMILES string of the molecule is CCC1(COCc2ccccc2)CCC2(CCOCO2)O1. The summed E-state index contributed by atoms with van der Waals surface area (Å²) >= 11 is 0. The molecule has 3 rings (SSSR count). The van der Waals surface area contributed by atoms with Crippen LogP contribution in [0.5, 0.6) is 0 Å². The van der Waals surface area contributed by atoms with E-state index in [1.165, 1.54) is 5.56 Å². The molecule has 0 aliphatic carbocycles. The fourth-order valence-corrected chi connectivity index (χ4v) is 3.08. The zero-order chi connectivity index (χ0) is 14.6. The average molecular weight is 292 g/mol. The number of rotatable bonds is 5. The van der Waals surface area contributed by atoms with Crippen molar-refractivity contribution < 1.29 is 18.9 Å². The van der Waals surface area contributed by atoms with Gasteiger partial charge in [-0.3, -0.25) is 0 Å². The van der Waals surface area contributed by atoms with Gasteiger partial charge in [-0.25, -0.2) is 0 Å². The molecule has 116 valence electrons. The van der Waals surface area contributed by atoms with Crippen LogP contribution in [0, 0.1) is 0 Å². The Labute approximate surface area is 126 Å². The Morgan fingerprint density at radius 1 is 1.14 bits per heavy atom. The molecule has 0 bridgehead atoms. The predicted octanol–water partition coefficient (Wildman–Crippen LogP) is 3.25. The molecule has 0 aromatic heterocycles. The summed E-state index contributed by atoms with van der Waals surface area (Å²) in [5.41, 5.74) is 0.977. The predicted molar refractivity (Wildman–Crippen MR) is 78.7 cm³/mol. The van der Waals surface area contributed by atoms with E-state index in [0.29, 0.717) is 26.6 Å². The molecule has 2 unspecified atom stereocenters. The molecule has 1 aromatic carbocycles. The quantitative estimate of drug-likeness (QED) is 0.835. The number of hydrogen-bond donors (Lipinski definition) is 0. The molecule has 2 fully saturated rings. The number of ether oxygens (including phenoxy) is 4. The van der Waals surface area contributed by atoms with E-state index in [1.807, 2.05) is 18.2 Å². The molecular formula is C17H24O4. The minimum absolute atomic E-state index is 0.216. The van der Waals surface area contributed by atoms with Gasteiger partial charge in [0.05, 0.1) is 25.4 Å². The lowest BCUT2D eigenvalue weighted by atomic mass is 9.97. The lowest BCUT2D eigenvalue weighted by Crippen LogP contribution is -2.43. The van der Waals surface area contributed by atoms with E-state index in [-0.39, 0.29) is 5.60 Å². The van der Waals surface area contributed by atoms with E-state index in [1.54, 1.807) is 0 Å². The Morgan fingerprint density at radius 2 is 2.00 bits per heavy atom. The van der Waals surface area contributed by atoms with Crippen molar-refractivity contribution in [1.29, 1.82) is 0 Å². The van der Waals surface area contributed by atoms with E-state index in [2.05, 4.69) is 19.1 Å². The first-order valence-electron chi connectivity index (χ1n) is 7.79. The summed E-state index contributed by atoms with van der Waals surface area (Å²) in [6, 6.07) is 10.2. The van der Waals surface area contributed by atoms with Crippen LogP contribution >= 0.6 is 0 Å². The lowest BCUT2D eigenvalue weighted by Gasteiger charge is -2.36. The largest absolute Gasteiger partial charge is 0.374 e. The summed E-state index contributed by atoms with van der Waals surface area (Å²) in [6.07, 6.45) is 3.67. The fraction of sp³-hybridized carbons (Fsp3) is 0.647. The Balaban J connectivity index is 1.55. The van der Waals surface area contributed by atoms with Gasteiger partial charge in [-0.2, -0.15) is 0 Å². The molecule has 21 heavy (non-hydrogen) atoms. The van der Waals surface area contributed by atoms with Gasteiger partial charge >= 0.3 is 0 Å². The Morgan fingerprint density at radius 3 is 2.71 bits per heavy atom. The minimum atomic E-state index is -0.440. The Hall–Kier alpha value is -0.940. The highest BCUT2D eigenvalue weighted by Gasteiger charge is 2.50. The van der Waals surface area contributed by atoms with Gasteiger partial charge in [-0.15, -0.1) is 0 Å². The third-order valence-corrected chi connectivity index (χ3v) is 4.52. The molecule has 0 amide bonds. The molecule has 2 heterocycles. The Bertz CT molecular complexity index is 441. The monoisotopic (exact) mass is 292 g/mol. The van der Waals surface area contributed by atoms with Crippen molar-refractivity contribution in [1.82, 2.24) is 0 Å². The van der Waals surface area contributed by atoms with Crippen LogP contribution in [0.15, 0.2) is 30.3 Å². The van der Waals surface area contributed by atoms with Gasteiger partial charge in [0.1, 0.15) is 6.79 Å². The van der Waals surface area contributed by atoms with E-state index in [9.17, 15) is 0 Å². The molecule has 4 heteroatoms. The van der Waals surface area contributed by atoms with Gasteiger partial charge < -0.3 is 18.9 Å². The third kappa shape index (κ3) is 3.46. The molecule has 1 aromatic rings. The number of benzene rings is 1. The highest BCUT2D eigenvalue weighted by Crippen LogP contribution is 2.44. The van der Waals surface area contributed by atoms with Crippen LogP contribution in [0.4, 0.5) is 0 Å². The van der Waals surface area contributed by atoms with Gasteiger partial charge in [0.2, 0.25) is 0 Å². The van der Waals surface area contributed by atoms with Gasteiger partial charge in [0, 0.05) is 12.8 Å². The summed E-state index contributed by atoms with van der Waals surface area (Å²) in [7, 11) is 0. The molecule has 2 aliphatic rings. The molecule has 0 N–H and O–H groups in total. The minimum Gasteiger partial charge on any atom is -0.374 e. The smallest absolute Gasteiger partial charge is 0.174 e. The molecule has 4 nitrogen and oxygen atoms in total. The topological polar surface area (TPSA) is 36.9 Å². The summed E-state index contributed by atoms with van der Waals surface area (Å²) in [5, 5.41) is 0. The van der Waals surface area contributed by atoms with Crippen LogP contribution in [0.25, 0.3) is 0 Å². The second-order valence-corrected chi connectivity index (χ2v) is 5.95. The maximum absolute atomic E-state index is 6.34. The zero-order valence-corrected chi connectivity index (χ0v) is 12.7. The maximum Gasteiger partial charge on any atom is 0.174 e. The average Bonchev–Trinajstić information content (AvgIpc) is 2.88. The van der Waals surface area contributed by atoms with E-state index in [4.69, 9.17) is 18.9 Å². The molecule has 2 aliphatic heterocycles. The first-order chi connectivity index (χ1) is 10.3. The van der Waals surface area contributed by atoms with Gasteiger partial charge in [0.25, 0.3) is 0 Å². The maximum atomic E-state index is 6.34. The third-order valence-electron chi connectivity index (χ3n) is 4.52. The summed E-state index contributed by atoms with van der Waals surface area (Å²) in [6.45, 7) is 4.45. The van der Waals surface area contributed by atoms with Crippen LogP contribution in [0.3, 0.4) is 0 Å². The standard InChI is InChI=1S/C17H24O4/c1-2-16(13-19-12-15-6-4-3-5-7-15)8-9-17(21-16)10-11-18-14-20-17/h3-7H,2,8-14H2,1H3. The summed E-state index contributed by atoms with van der Waals surface area (Å²) < 4.78 is 23.3. The van der Waals surface area contributed by atoms with Crippen LogP contribution in [0.2, 0.25) is 0 Å². The molecule has 1 spiro atoms. The fourth-order valence-electron chi connectivity index (χ4n) is 3.08. The molecule has 0 radical (unpaired) electrons. The van der Waals surface area contributed by atoms with E-state index < -0.39 is 5.79 Å². The molecule has 0 saturated carbocycles. The van der Waals surface area contributed by atoms with Crippen LogP contribution in [-0.4, -0.2) is 31.4 Å². The number of hydrogen-bond acceptors (Lipinski definition) is 4. The highest BCUT2D eigenvalue weighted by molar-refractivity contribution is 5.13. The Kier molecular flexibility index (Phi) is 4.60. The van der Waals surface area contributed by atoms with Crippen molar-refractivity contribution in [3.63, 3.8) is 0 Å². The summed E-state index contributed by atoms with van der Waals surface area (Å²) in [4.78, 5) is 0. The van der Waals surface area contributed by atoms with Crippen molar-refractivity contribution in [3.05, 3.63) is 35.9 Å². The zero-order valence-electron chi connectivity index (χ0n) is 12.7. The second-order valence-electron chi connectivity index (χ2n) is 5.95. The summed E-state index contributed by atoms with van der Waals surface area (Å²) in [5.74, 6) is -0.440. The van der Waals surface area contributed by atoms with Gasteiger partial charge in [-0.05, 0) is 18.4 Å². The van der Waals surface area contributed by atoms with Crippen LogP contribution < -0.4 is 0 Å². The molecule has 2 atom stereocenters. The first kappa shape index (κ1) is 15.0. The van der Waals surface area contributed by atoms with Crippen molar-refractivity contribution >= 4 is 0 Å². The van der Waals surface area contributed by atoms with Gasteiger partial charge in [-0.1, -0.05) is 37.3 Å². The normalized spacial score (nSPS) is 32.6. The second kappa shape index (κ2) is 6.44. The highest BCUT2D eigenvalue weighted by atomic mass is 16.8. The van der Waals surface area contributed by atoms with Crippen LogP contribution in [-0.2, 0) is 25.6 Å². The molecule has 2 saturated heterocycles. The van der Waals surface area contributed by atoms with E-state index >= 15 is 0 Å². The van der Waals surface area contributed by atoms with Crippen LogP contribution in [0.1, 0.15) is 38.2 Å². The molecular weight excluding hydrogens is 268 g/mol. The first-order valence-corrected chi connectivity index (χ1v) is 7.79. The van der Waals surface area contributed by atoms with Crippen molar-refractivity contribution in [2.45, 2.75) is 50.6 Å². The van der Waals surface area contributed by atoms with Crippen molar-refractivity contribution in [3.8, 4) is 0 Å². The van der Waals surface area contributed by atoms with Crippen molar-refractivity contribution in [2.75, 3.05) is 20.0 Å². The van der Waals surface area contributed by atoms with E-state index in [0.717, 1.165) is 25.7 Å². The van der Waals surface area contributed by atoms with Gasteiger partial charge in [0.15, 0.2) is 5.79 Å². The van der Waals surface area contributed by atoms with Crippen molar-refractivity contribution in [2.24, 2.45) is 0 Å².